The number of aryl methyl sites for hydroxylation is 4. The number of hydrogen-bond donors (Lipinski definition) is 0. The Morgan fingerprint density at radius 1 is 0.639 bits per heavy atom. The van der Waals surface area contributed by atoms with Gasteiger partial charge in [0.15, 0.2) is 5.60 Å². The van der Waals surface area contributed by atoms with Crippen LogP contribution in [0.2, 0.25) is 0 Å². The Hall–Kier alpha value is -3.27. The second-order valence-corrected chi connectivity index (χ2v) is 11.3. The molecule has 0 atom stereocenters. The zero-order valence-corrected chi connectivity index (χ0v) is 20.8. The maximum atomic E-state index is 13.4. The number of rotatable bonds is 2. The zero-order valence-electron chi connectivity index (χ0n) is 20.8. The molecule has 182 valence electrons. The molecule has 0 aliphatic carbocycles. The predicted octanol–water partition coefficient (Wildman–Crippen LogP) is 5.55. The van der Waals surface area contributed by atoms with Crippen molar-refractivity contribution in [2.45, 2.75) is 57.0 Å². The highest BCUT2D eigenvalue weighted by atomic mass is 16.6. The third kappa shape index (κ3) is 2.79. The number of nitrogens with zero attached hydrogens (tertiary/aromatic N) is 2. The highest BCUT2D eigenvalue weighted by molar-refractivity contribution is 5.96. The molecule has 0 N–H and O–H groups in total. The molecule has 36 heavy (non-hydrogen) atoms. The number of carbonyl (C=O) groups is 1. The van der Waals surface area contributed by atoms with Gasteiger partial charge in [0.2, 0.25) is 0 Å². The van der Waals surface area contributed by atoms with Crippen LogP contribution in [-0.2, 0) is 36.0 Å². The van der Waals surface area contributed by atoms with Gasteiger partial charge in [0.25, 0.3) is 0 Å². The van der Waals surface area contributed by atoms with Crippen molar-refractivity contribution >= 4 is 17.3 Å². The van der Waals surface area contributed by atoms with Crippen molar-refractivity contribution in [3.05, 3.63) is 93.0 Å². The molecular formula is C32H32N2O2. The summed E-state index contributed by atoms with van der Waals surface area (Å²) in [5, 5.41) is 0. The average Bonchev–Trinajstić information content (AvgIpc) is 3.23. The van der Waals surface area contributed by atoms with Gasteiger partial charge in [-0.25, -0.2) is 4.79 Å². The summed E-state index contributed by atoms with van der Waals surface area (Å²) in [6.45, 7) is 4.64. The first-order valence-electron chi connectivity index (χ1n) is 13.9. The van der Waals surface area contributed by atoms with E-state index >= 15 is 0 Å². The third-order valence-corrected chi connectivity index (χ3v) is 9.25. The van der Waals surface area contributed by atoms with Crippen LogP contribution >= 0.6 is 0 Å². The van der Waals surface area contributed by atoms with E-state index < -0.39 is 5.60 Å². The largest absolute Gasteiger partial charge is 0.441 e. The number of ether oxygens (including phenoxy) is 1. The molecular weight excluding hydrogens is 444 g/mol. The normalized spacial score (nSPS) is 20.9. The van der Waals surface area contributed by atoms with Crippen LogP contribution in [0.15, 0.2) is 48.5 Å². The van der Waals surface area contributed by atoms with Gasteiger partial charge in [0.1, 0.15) is 0 Å². The summed E-state index contributed by atoms with van der Waals surface area (Å²) < 4.78 is 6.60. The Morgan fingerprint density at radius 3 is 1.56 bits per heavy atom. The molecule has 4 heteroatoms. The van der Waals surface area contributed by atoms with E-state index in [1.54, 1.807) is 0 Å². The minimum atomic E-state index is -0.885. The number of esters is 1. The van der Waals surface area contributed by atoms with E-state index in [9.17, 15) is 4.79 Å². The molecule has 5 aliphatic rings. The summed E-state index contributed by atoms with van der Waals surface area (Å²) in [4.78, 5) is 18.6. The van der Waals surface area contributed by atoms with E-state index in [1.807, 2.05) is 12.1 Å². The molecule has 4 nitrogen and oxygen atoms in total. The number of cyclic esters (lactones) is 1. The summed E-state index contributed by atoms with van der Waals surface area (Å²) in [5.41, 5.74) is 11.7. The molecule has 0 amide bonds. The van der Waals surface area contributed by atoms with Gasteiger partial charge in [-0.15, -0.1) is 0 Å². The Bertz CT molecular complexity index is 1290. The van der Waals surface area contributed by atoms with Crippen LogP contribution in [0.3, 0.4) is 0 Å². The second kappa shape index (κ2) is 7.61. The molecule has 5 aliphatic heterocycles. The van der Waals surface area contributed by atoms with Crippen molar-refractivity contribution in [1.82, 2.24) is 0 Å². The molecule has 0 fully saturated rings. The summed E-state index contributed by atoms with van der Waals surface area (Å²) in [6, 6.07) is 17.6. The van der Waals surface area contributed by atoms with E-state index in [0.29, 0.717) is 5.56 Å². The molecule has 3 aromatic carbocycles. The lowest BCUT2D eigenvalue weighted by Crippen LogP contribution is -2.37. The van der Waals surface area contributed by atoms with Crippen LogP contribution in [0, 0.1) is 0 Å². The van der Waals surface area contributed by atoms with Gasteiger partial charge >= 0.3 is 5.97 Å². The molecule has 0 unspecified atom stereocenters. The van der Waals surface area contributed by atoms with Crippen LogP contribution in [0.4, 0.5) is 11.4 Å². The maximum absolute atomic E-state index is 13.4. The number of fused-ring (bicyclic) bond motifs is 1. The van der Waals surface area contributed by atoms with Gasteiger partial charge < -0.3 is 14.5 Å². The van der Waals surface area contributed by atoms with Crippen molar-refractivity contribution < 1.29 is 9.53 Å². The monoisotopic (exact) mass is 476 g/mol. The van der Waals surface area contributed by atoms with E-state index in [2.05, 4.69) is 46.2 Å². The first-order chi connectivity index (χ1) is 17.7. The molecule has 3 aromatic rings. The van der Waals surface area contributed by atoms with Crippen molar-refractivity contribution in [1.29, 1.82) is 0 Å². The Morgan fingerprint density at radius 2 is 1.08 bits per heavy atom. The predicted molar refractivity (Wildman–Crippen MR) is 142 cm³/mol. The standard InChI is InChI=1S/C32H32N2O2/c35-31-27-11-1-2-12-28(27)32(36-31,25-17-21-7-3-13-33-14-4-8-22(18-25)29(21)33)26-19-23-9-5-15-34-16-6-10-24(20-26)30(23)34/h1-2,11-12,17-20H,3-10,13-16H2. The molecule has 8 rings (SSSR count). The highest BCUT2D eigenvalue weighted by Crippen LogP contribution is 2.51. The fourth-order valence-electron chi connectivity index (χ4n) is 7.83. The van der Waals surface area contributed by atoms with Crippen LogP contribution in [0.5, 0.6) is 0 Å². The summed E-state index contributed by atoms with van der Waals surface area (Å²) in [5.74, 6) is -0.202. The topological polar surface area (TPSA) is 32.8 Å². The third-order valence-electron chi connectivity index (χ3n) is 9.25. The van der Waals surface area contributed by atoms with E-state index in [1.165, 1.54) is 59.3 Å². The summed E-state index contributed by atoms with van der Waals surface area (Å²) in [7, 11) is 0. The van der Waals surface area contributed by atoms with Crippen LogP contribution in [-0.4, -0.2) is 32.1 Å². The van der Waals surface area contributed by atoms with E-state index in [4.69, 9.17) is 4.74 Å². The molecule has 0 saturated heterocycles. The number of carbonyl (C=O) groups excluding carboxylic acids is 1. The minimum absolute atomic E-state index is 0.202. The maximum Gasteiger partial charge on any atom is 0.340 e. The zero-order chi connectivity index (χ0) is 23.9. The van der Waals surface area contributed by atoms with Crippen molar-refractivity contribution in [3.63, 3.8) is 0 Å². The fraction of sp³-hybridized carbons (Fsp3) is 0.406. The summed E-state index contributed by atoms with van der Waals surface area (Å²) in [6.07, 6.45) is 9.17. The highest BCUT2D eigenvalue weighted by Gasteiger charge is 2.50. The van der Waals surface area contributed by atoms with Crippen molar-refractivity contribution in [2.75, 3.05) is 36.0 Å². The van der Waals surface area contributed by atoms with E-state index in [0.717, 1.165) is 68.6 Å². The molecule has 0 saturated carbocycles. The molecule has 0 radical (unpaired) electrons. The van der Waals surface area contributed by atoms with Crippen LogP contribution in [0.25, 0.3) is 0 Å². The van der Waals surface area contributed by atoms with Gasteiger partial charge in [-0.05, 0) is 104 Å². The Labute approximate surface area is 212 Å². The molecule has 0 spiro atoms. The molecule has 0 bridgehead atoms. The smallest absolute Gasteiger partial charge is 0.340 e. The Balaban J connectivity index is 1.41. The first-order valence-corrected chi connectivity index (χ1v) is 13.9. The fourth-order valence-corrected chi connectivity index (χ4v) is 7.83. The van der Waals surface area contributed by atoms with Crippen molar-refractivity contribution in [3.8, 4) is 0 Å². The quantitative estimate of drug-likeness (QED) is 0.454. The number of hydrogen-bond acceptors (Lipinski definition) is 4. The van der Waals surface area contributed by atoms with Crippen LogP contribution in [0.1, 0.15) is 75.0 Å². The van der Waals surface area contributed by atoms with Gasteiger partial charge in [-0.1, -0.05) is 18.2 Å². The number of benzene rings is 3. The van der Waals surface area contributed by atoms with E-state index in [-0.39, 0.29) is 5.97 Å². The lowest BCUT2D eigenvalue weighted by atomic mass is 9.75. The molecule has 0 aromatic heterocycles. The lowest BCUT2D eigenvalue weighted by Gasteiger charge is -2.40. The van der Waals surface area contributed by atoms with Crippen molar-refractivity contribution in [2.24, 2.45) is 0 Å². The number of anilines is 2. The Kier molecular flexibility index (Phi) is 4.42. The van der Waals surface area contributed by atoms with Gasteiger partial charge in [-0.2, -0.15) is 0 Å². The molecule has 5 heterocycles. The lowest BCUT2D eigenvalue weighted by molar-refractivity contribution is 0.0250. The van der Waals surface area contributed by atoms with Gasteiger partial charge in [0, 0.05) is 54.2 Å². The van der Waals surface area contributed by atoms with Gasteiger partial charge in [0.05, 0.1) is 5.56 Å². The summed E-state index contributed by atoms with van der Waals surface area (Å²) >= 11 is 0. The average molecular weight is 477 g/mol. The van der Waals surface area contributed by atoms with Gasteiger partial charge in [-0.3, -0.25) is 0 Å². The minimum Gasteiger partial charge on any atom is -0.441 e. The first kappa shape index (κ1) is 20.9. The van der Waals surface area contributed by atoms with Crippen LogP contribution < -0.4 is 9.80 Å². The second-order valence-electron chi connectivity index (χ2n) is 11.3. The SMILES string of the molecule is O=C1OC(c2cc3c4c(c2)CCCN4CCC3)(c2cc3c4c(c2)CCCN4CCC3)c2ccccc21.